The fraction of sp³-hybridized carbons (Fsp3) is 0.571. The average Bonchev–Trinajstić information content (AvgIpc) is 3.06. The van der Waals surface area contributed by atoms with Crippen molar-refractivity contribution in [1.29, 1.82) is 0 Å². The van der Waals surface area contributed by atoms with E-state index in [0.717, 1.165) is 43.2 Å². The third kappa shape index (κ3) is 2.23. The van der Waals surface area contributed by atoms with Crippen LogP contribution in [0.3, 0.4) is 0 Å². The third-order valence-corrected chi connectivity index (χ3v) is 4.98. The van der Waals surface area contributed by atoms with Crippen molar-refractivity contribution in [2.24, 2.45) is 0 Å². The van der Waals surface area contributed by atoms with Gasteiger partial charge in [-0.1, -0.05) is 6.92 Å². The summed E-state index contributed by atoms with van der Waals surface area (Å²) >= 11 is 1.57. The first kappa shape index (κ1) is 13.6. The van der Waals surface area contributed by atoms with Crippen molar-refractivity contribution >= 4 is 28.4 Å². The Morgan fingerprint density at radius 1 is 1.40 bits per heavy atom. The molecule has 1 saturated heterocycles. The summed E-state index contributed by atoms with van der Waals surface area (Å²) in [6, 6.07) is 0.633. The molecule has 0 N–H and O–H groups in total. The highest BCUT2D eigenvalue weighted by Gasteiger charge is 2.24. The van der Waals surface area contributed by atoms with Gasteiger partial charge in [-0.25, -0.2) is 4.98 Å². The van der Waals surface area contributed by atoms with Gasteiger partial charge in [0.15, 0.2) is 17.1 Å². The first-order valence-electron chi connectivity index (χ1n) is 7.14. The molecule has 3 heterocycles. The van der Waals surface area contributed by atoms with Gasteiger partial charge in [-0.15, -0.1) is 11.3 Å². The summed E-state index contributed by atoms with van der Waals surface area (Å²) in [7, 11) is 0. The Kier molecular flexibility index (Phi) is 3.76. The van der Waals surface area contributed by atoms with Crippen molar-refractivity contribution in [1.82, 2.24) is 14.3 Å². The highest BCUT2D eigenvalue weighted by Crippen LogP contribution is 2.24. The summed E-state index contributed by atoms with van der Waals surface area (Å²) in [6.45, 7) is 8.47. The maximum Gasteiger partial charge on any atom is 0.196 e. The minimum atomic E-state index is 0.633. The van der Waals surface area contributed by atoms with Crippen molar-refractivity contribution in [2.45, 2.75) is 26.3 Å². The van der Waals surface area contributed by atoms with Crippen LogP contribution in [-0.4, -0.2) is 52.8 Å². The fourth-order valence-electron chi connectivity index (χ4n) is 2.77. The van der Waals surface area contributed by atoms with Gasteiger partial charge in [0, 0.05) is 43.8 Å². The molecule has 1 unspecified atom stereocenters. The number of rotatable bonds is 4. The minimum Gasteiger partial charge on any atom is -0.352 e. The molecule has 1 fully saturated rings. The van der Waals surface area contributed by atoms with E-state index in [1.54, 1.807) is 11.3 Å². The maximum atomic E-state index is 11.4. The van der Waals surface area contributed by atoms with Crippen LogP contribution in [0.5, 0.6) is 0 Å². The van der Waals surface area contributed by atoms with E-state index >= 15 is 0 Å². The predicted molar refractivity (Wildman–Crippen MR) is 82.0 cm³/mol. The number of carbonyl (C=O) groups excluding carboxylic acids is 1. The second-order valence-electron chi connectivity index (χ2n) is 5.27. The zero-order chi connectivity index (χ0) is 14.1. The SMILES string of the molecule is CCC(C)N1CCN(c2nc3sccn3c2C=O)CC1. The van der Waals surface area contributed by atoms with Crippen LogP contribution in [0.25, 0.3) is 4.96 Å². The number of fused-ring (bicyclic) bond motifs is 1. The largest absolute Gasteiger partial charge is 0.352 e. The van der Waals surface area contributed by atoms with Gasteiger partial charge in [-0.05, 0) is 13.3 Å². The Bertz CT molecular complexity index is 597. The molecule has 0 amide bonds. The summed E-state index contributed by atoms with van der Waals surface area (Å²) in [5.74, 6) is 0.843. The van der Waals surface area contributed by atoms with Crippen LogP contribution < -0.4 is 4.90 Å². The lowest BCUT2D eigenvalue weighted by Crippen LogP contribution is -2.49. The van der Waals surface area contributed by atoms with Gasteiger partial charge in [0.2, 0.25) is 0 Å². The summed E-state index contributed by atoms with van der Waals surface area (Å²) in [5, 5.41) is 1.96. The second kappa shape index (κ2) is 5.54. The lowest BCUT2D eigenvalue weighted by atomic mass is 10.2. The quantitative estimate of drug-likeness (QED) is 0.810. The van der Waals surface area contributed by atoms with E-state index in [2.05, 4.69) is 28.6 Å². The van der Waals surface area contributed by atoms with Crippen molar-refractivity contribution in [3.63, 3.8) is 0 Å². The first-order valence-corrected chi connectivity index (χ1v) is 8.02. The normalized spacial score (nSPS) is 18.6. The van der Waals surface area contributed by atoms with E-state index in [4.69, 9.17) is 0 Å². The molecule has 0 spiro atoms. The molecule has 3 rings (SSSR count). The van der Waals surface area contributed by atoms with E-state index in [0.29, 0.717) is 11.7 Å². The zero-order valence-corrected chi connectivity index (χ0v) is 12.8. The Morgan fingerprint density at radius 2 is 2.15 bits per heavy atom. The van der Waals surface area contributed by atoms with Gasteiger partial charge in [0.1, 0.15) is 5.69 Å². The molecule has 0 aliphatic carbocycles. The minimum absolute atomic E-state index is 0.633. The molecule has 1 atom stereocenters. The van der Waals surface area contributed by atoms with Crippen molar-refractivity contribution in [2.75, 3.05) is 31.1 Å². The van der Waals surface area contributed by atoms with E-state index in [1.165, 1.54) is 6.42 Å². The van der Waals surface area contributed by atoms with E-state index in [-0.39, 0.29) is 0 Å². The molecule has 1 aliphatic rings. The highest BCUT2D eigenvalue weighted by atomic mass is 32.1. The second-order valence-corrected chi connectivity index (χ2v) is 6.15. The van der Waals surface area contributed by atoms with Crippen LogP contribution in [0.4, 0.5) is 5.82 Å². The highest BCUT2D eigenvalue weighted by molar-refractivity contribution is 7.15. The first-order chi connectivity index (χ1) is 9.74. The third-order valence-electron chi connectivity index (χ3n) is 4.22. The standard InChI is InChI=1S/C14H20N4OS/c1-3-11(2)16-4-6-17(7-5-16)13-12(10-19)18-8-9-20-14(18)15-13/h8-11H,3-7H2,1-2H3. The number of aldehydes is 1. The number of carbonyl (C=O) groups is 1. The predicted octanol–water partition coefficient (Wildman–Crippen LogP) is 2.13. The number of imidazole rings is 1. The monoisotopic (exact) mass is 292 g/mol. The van der Waals surface area contributed by atoms with E-state index in [1.807, 2.05) is 16.0 Å². The Hall–Kier alpha value is -1.40. The molecular weight excluding hydrogens is 272 g/mol. The van der Waals surface area contributed by atoms with Gasteiger partial charge >= 0.3 is 0 Å². The lowest BCUT2D eigenvalue weighted by Gasteiger charge is -2.38. The van der Waals surface area contributed by atoms with Gasteiger partial charge in [-0.3, -0.25) is 14.1 Å². The van der Waals surface area contributed by atoms with Crippen LogP contribution in [0.15, 0.2) is 11.6 Å². The smallest absolute Gasteiger partial charge is 0.196 e. The molecule has 1 aliphatic heterocycles. The van der Waals surface area contributed by atoms with E-state index < -0.39 is 0 Å². The molecule has 0 bridgehead atoms. The van der Waals surface area contributed by atoms with Crippen LogP contribution >= 0.6 is 11.3 Å². The number of hydrogen-bond acceptors (Lipinski definition) is 5. The van der Waals surface area contributed by atoms with Crippen LogP contribution in [0.1, 0.15) is 30.8 Å². The summed E-state index contributed by atoms with van der Waals surface area (Å²) < 4.78 is 1.88. The molecule has 20 heavy (non-hydrogen) atoms. The maximum absolute atomic E-state index is 11.4. The van der Waals surface area contributed by atoms with Crippen molar-refractivity contribution in [3.8, 4) is 0 Å². The van der Waals surface area contributed by atoms with E-state index in [9.17, 15) is 4.79 Å². The number of aromatic nitrogens is 2. The summed E-state index contributed by atoms with van der Waals surface area (Å²) in [5.41, 5.74) is 0.679. The molecule has 2 aromatic heterocycles. The molecule has 5 nitrogen and oxygen atoms in total. The zero-order valence-electron chi connectivity index (χ0n) is 12.0. The molecular formula is C14H20N4OS. The molecule has 6 heteroatoms. The van der Waals surface area contributed by atoms with Crippen molar-refractivity contribution < 1.29 is 4.79 Å². The fourth-order valence-corrected chi connectivity index (χ4v) is 3.48. The van der Waals surface area contributed by atoms with Crippen LogP contribution in [0.2, 0.25) is 0 Å². The van der Waals surface area contributed by atoms with Crippen LogP contribution in [-0.2, 0) is 0 Å². The van der Waals surface area contributed by atoms with Crippen LogP contribution in [0, 0.1) is 0 Å². The van der Waals surface area contributed by atoms with Gasteiger partial charge in [0.05, 0.1) is 0 Å². The average molecular weight is 292 g/mol. The molecule has 2 aromatic rings. The molecule has 0 aromatic carbocycles. The Balaban J connectivity index is 1.79. The number of anilines is 1. The summed E-state index contributed by atoms with van der Waals surface area (Å²) in [4.78, 5) is 21.6. The number of piperazine rings is 1. The molecule has 0 radical (unpaired) electrons. The Morgan fingerprint density at radius 3 is 2.80 bits per heavy atom. The number of thiazole rings is 1. The van der Waals surface area contributed by atoms with Gasteiger partial charge < -0.3 is 4.90 Å². The number of nitrogens with zero attached hydrogens (tertiary/aromatic N) is 4. The topological polar surface area (TPSA) is 40.9 Å². The van der Waals surface area contributed by atoms with Gasteiger partial charge in [-0.2, -0.15) is 0 Å². The molecule has 108 valence electrons. The van der Waals surface area contributed by atoms with Gasteiger partial charge in [0.25, 0.3) is 0 Å². The number of hydrogen-bond donors (Lipinski definition) is 0. The summed E-state index contributed by atoms with van der Waals surface area (Å²) in [6.07, 6.45) is 4.01. The Labute approximate surface area is 122 Å². The lowest BCUT2D eigenvalue weighted by molar-refractivity contribution is 0.111. The van der Waals surface area contributed by atoms with Crippen molar-refractivity contribution in [3.05, 3.63) is 17.3 Å². The molecule has 0 saturated carbocycles.